The lowest BCUT2D eigenvalue weighted by atomic mass is 10.2. The van der Waals surface area contributed by atoms with E-state index >= 15 is 0 Å². The van der Waals surface area contributed by atoms with E-state index in [1.807, 2.05) is 24.4 Å². The molecule has 1 unspecified atom stereocenters. The molecule has 1 atom stereocenters. The van der Waals surface area contributed by atoms with Gasteiger partial charge < -0.3 is 5.73 Å². The molecular weight excluding hydrogens is 396 g/mol. The zero-order chi connectivity index (χ0) is 15.6. The molecule has 0 amide bonds. The van der Waals surface area contributed by atoms with E-state index in [2.05, 4.69) is 20.7 Å². The molecule has 0 saturated heterocycles. The maximum Gasteiger partial charge on any atom is 0.242 e. The first-order valence-corrected chi connectivity index (χ1v) is 9.62. The van der Waals surface area contributed by atoms with Crippen molar-refractivity contribution in [2.24, 2.45) is 0 Å². The van der Waals surface area contributed by atoms with Crippen LogP contribution in [0.15, 0.2) is 39.0 Å². The van der Waals surface area contributed by atoms with Crippen LogP contribution in [0.5, 0.6) is 0 Å². The first-order chi connectivity index (χ1) is 9.79. The molecule has 4 nitrogen and oxygen atoms in total. The van der Waals surface area contributed by atoms with Gasteiger partial charge in [0.25, 0.3) is 0 Å². The van der Waals surface area contributed by atoms with Gasteiger partial charge in [-0.15, -0.1) is 11.3 Å². The molecule has 21 heavy (non-hydrogen) atoms. The molecule has 0 aliphatic rings. The highest BCUT2D eigenvalue weighted by atomic mass is 79.9. The highest BCUT2D eigenvalue weighted by molar-refractivity contribution is 9.10. The number of anilines is 1. The summed E-state index contributed by atoms with van der Waals surface area (Å²) in [6.07, 6.45) is 0.630. The Kier molecular flexibility index (Phi) is 5.32. The highest BCUT2D eigenvalue weighted by Gasteiger charge is 2.22. The van der Waals surface area contributed by atoms with Gasteiger partial charge in [-0.3, -0.25) is 0 Å². The molecule has 0 spiro atoms. The largest absolute Gasteiger partial charge is 0.398 e. The summed E-state index contributed by atoms with van der Waals surface area (Å²) in [5, 5.41) is 2.24. The van der Waals surface area contributed by atoms with Gasteiger partial charge in [0.2, 0.25) is 10.0 Å². The van der Waals surface area contributed by atoms with E-state index in [-0.39, 0.29) is 21.6 Å². The molecule has 114 valence electrons. The van der Waals surface area contributed by atoms with Crippen molar-refractivity contribution in [3.05, 3.63) is 44.0 Å². The molecule has 3 N–H and O–H groups in total. The summed E-state index contributed by atoms with van der Waals surface area (Å²) in [6.45, 7) is 1.82. The first-order valence-electron chi connectivity index (χ1n) is 6.09. The number of hydrogen-bond acceptors (Lipinski definition) is 4. The van der Waals surface area contributed by atoms with Crippen LogP contribution in [0.2, 0.25) is 5.02 Å². The highest BCUT2D eigenvalue weighted by Crippen LogP contribution is 2.31. The van der Waals surface area contributed by atoms with Gasteiger partial charge in [-0.25, -0.2) is 13.1 Å². The van der Waals surface area contributed by atoms with Crippen molar-refractivity contribution in [2.75, 3.05) is 5.73 Å². The van der Waals surface area contributed by atoms with Crippen LogP contribution in [-0.2, 0) is 16.4 Å². The zero-order valence-electron chi connectivity index (χ0n) is 11.1. The van der Waals surface area contributed by atoms with E-state index < -0.39 is 10.0 Å². The molecule has 2 rings (SSSR count). The van der Waals surface area contributed by atoms with E-state index in [0.29, 0.717) is 10.9 Å². The van der Waals surface area contributed by atoms with E-state index in [0.717, 1.165) is 4.88 Å². The summed E-state index contributed by atoms with van der Waals surface area (Å²) in [6, 6.07) is 6.56. The van der Waals surface area contributed by atoms with Crippen LogP contribution >= 0.6 is 38.9 Å². The minimum atomic E-state index is -3.70. The van der Waals surface area contributed by atoms with E-state index in [9.17, 15) is 8.42 Å². The van der Waals surface area contributed by atoms with Crippen LogP contribution in [0, 0.1) is 0 Å². The van der Waals surface area contributed by atoms with Crippen LogP contribution in [0.25, 0.3) is 0 Å². The van der Waals surface area contributed by atoms with Gasteiger partial charge in [0.05, 0.1) is 9.37 Å². The zero-order valence-corrected chi connectivity index (χ0v) is 15.1. The lowest BCUT2D eigenvalue weighted by molar-refractivity contribution is 0.560. The number of benzene rings is 1. The molecule has 0 aliphatic heterocycles. The summed E-state index contributed by atoms with van der Waals surface area (Å²) in [5.74, 6) is 0. The fraction of sp³-hybridized carbons (Fsp3) is 0.231. The van der Waals surface area contributed by atoms with E-state index in [1.165, 1.54) is 12.1 Å². The van der Waals surface area contributed by atoms with Crippen molar-refractivity contribution in [2.45, 2.75) is 24.3 Å². The number of nitrogen functional groups attached to an aromatic ring is 1. The molecular formula is C13H14BrClN2O2S2. The van der Waals surface area contributed by atoms with Crippen LogP contribution in [0.4, 0.5) is 5.69 Å². The normalized spacial score (nSPS) is 13.3. The summed E-state index contributed by atoms with van der Waals surface area (Å²) >= 11 is 10.7. The topological polar surface area (TPSA) is 72.2 Å². The maximum absolute atomic E-state index is 12.4. The van der Waals surface area contributed by atoms with E-state index in [4.69, 9.17) is 17.3 Å². The third-order valence-electron chi connectivity index (χ3n) is 2.77. The Balaban J connectivity index is 2.22. The van der Waals surface area contributed by atoms with Gasteiger partial charge in [-0.1, -0.05) is 17.7 Å². The Morgan fingerprint density at radius 1 is 1.48 bits per heavy atom. The molecule has 0 radical (unpaired) electrons. The summed E-state index contributed by atoms with van der Waals surface area (Å²) in [7, 11) is -3.70. The molecule has 0 saturated carbocycles. The smallest absolute Gasteiger partial charge is 0.242 e. The number of hydrogen-bond donors (Lipinski definition) is 2. The fourth-order valence-corrected chi connectivity index (χ4v) is 5.25. The Bertz CT molecular complexity index is 733. The number of nitrogens with one attached hydrogen (secondary N) is 1. The van der Waals surface area contributed by atoms with Gasteiger partial charge in [0.15, 0.2) is 0 Å². The van der Waals surface area contributed by atoms with Crippen molar-refractivity contribution >= 4 is 54.6 Å². The molecule has 0 bridgehead atoms. The van der Waals surface area contributed by atoms with Crippen molar-refractivity contribution in [3.8, 4) is 0 Å². The number of thiophene rings is 1. The summed E-state index contributed by atoms with van der Waals surface area (Å²) in [5.41, 5.74) is 6.02. The number of rotatable bonds is 5. The van der Waals surface area contributed by atoms with Gasteiger partial charge in [-0.05, 0) is 52.9 Å². The second-order valence-electron chi connectivity index (χ2n) is 4.61. The first kappa shape index (κ1) is 16.8. The SMILES string of the molecule is CC(Cc1cccs1)NS(=O)(=O)c1cc(Cl)cc(N)c1Br. The average molecular weight is 410 g/mol. The Morgan fingerprint density at radius 3 is 2.81 bits per heavy atom. The predicted molar refractivity (Wildman–Crippen MR) is 91.4 cm³/mol. The molecule has 1 heterocycles. The van der Waals surface area contributed by atoms with Gasteiger partial charge in [0, 0.05) is 21.6 Å². The van der Waals surface area contributed by atoms with Crippen molar-refractivity contribution in [1.29, 1.82) is 0 Å². The Hall–Kier alpha value is -0.600. The minimum Gasteiger partial charge on any atom is -0.398 e. The number of sulfonamides is 1. The quantitative estimate of drug-likeness (QED) is 0.740. The summed E-state index contributed by atoms with van der Waals surface area (Å²) in [4.78, 5) is 1.17. The molecule has 2 aromatic rings. The van der Waals surface area contributed by atoms with Crippen LogP contribution in [-0.4, -0.2) is 14.5 Å². The van der Waals surface area contributed by atoms with Crippen molar-refractivity contribution < 1.29 is 8.42 Å². The van der Waals surface area contributed by atoms with Gasteiger partial charge in [-0.2, -0.15) is 0 Å². The second-order valence-corrected chi connectivity index (χ2v) is 8.56. The fourth-order valence-electron chi connectivity index (χ4n) is 1.88. The molecule has 1 aromatic heterocycles. The van der Waals surface area contributed by atoms with Crippen molar-refractivity contribution in [1.82, 2.24) is 4.72 Å². The monoisotopic (exact) mass is 408 g/mol. The summed E-state index contributed by atoms with van der Waals surface area (Å²) < 4.78 is 27.9. The molecule has 0 aliphatic carbocycles. The molecule has 8 heteroatoms. The second kappa shape index (κ2) is 6.66. The predicted octanol–water partition coefficient (Wildman–Crippen LogP) is 3.66. The third kappa shape index (κ3) is 4.20. The Morgan fingerprint density at radius 2 is 2.19 bits per heavy atom. The average Bonchev–Trinajstić information content (AvgIpc) is 2.85. The lowest BCUT2D eigenvalue weighted by Crippen LogP contribution is -2.34. The standard InChI is InChI=1S/C13H14BrClN2O2S2/c1-8(5-10-3-2-4-20-10)17-21(18,19)12-7-9(15)6-11(16)13(12)14/h2-4,6-8,17H,5,16H2,1H3. The maximum atomic E-state index is 12.4. The van der Waals surface area contributed by atoms with Crippen molar-refractivity contribution in [3.63, 3.8) is 0 Å². The van der Waals surface area contributed by atoms with Crippen LogP contribution in [0.3, 0.4) is 0 Å². The van der Waals surface area contributed by atoms with Gasteiger partial charge in [0.1, 0.15) is 0 Å². The van der Waals surface area contributed by atoms with E-state index in [1.54, 1.807) is 11.3 Å². The molecule has 1 aromatic carbocycles. The lowest BCUT2D eigenvalue weighted by Gasteiger charge is -2.15. The number of halogens is 2. The van der Waals surface area contributed by atoms with Gasteiger partial charge >= 0.3 is 0 Å². The third-order valence-corrected chi connectivity index (χ3v) is 6.64. The number of nitrogens with two attached hydrogens (primary N) is 1. The Labute approximate surface area is 141 Å². The minimum absolute atomic E-state index is 0.0468. The van der Waals surface area contributed by atoms with Crippen LogP contribution in [0.1, 0.15) is 11.8 Å². The van der Waals surface area contributed by atoms with Crippen LogP contribution < -0.4 is 10.5 Å². The molecule has 0 fully saturated rings.